The number of hydrogen-bond acceptors (Lipinski definition) is 2. The number of amides is 1. The van der Waals surface area contributed by atoms with E-state index in [1.54, 1.807) is 6.20 Å². The van der Waals surface area contributed by atoms with Crippen molar-refractivity contribution in [2.45, 2.75) is 76.5 Å². The van der Waals surface area contributed by atoms with Crippen LogP contribution in [0.3, 0.4) is 0 Å². The van der Waals surface area contributed by atoms with E-state index in [0.29, 0.717) is 12.3 Å². The maximum absolute atomic E-state index is 12.4. The summed E-state index contributed by atoms with van der Waals surface area (Å²) in [7, 11) is 0. The molecule has 162 valence electrons. The largest absolute Gasteiger partial charge is 0.325 e. The fraction of sp³-hybridized carbons (Fsp3) is 0.429. The molecule has 0 atom stereocenters. The standard InChI is InChI=1S/C28H34N2O/c31-28(30-26-20-25-12-8-9-13-27(25)29-21-26)19-16-22-14-17-24(18-15-22)23-10-6-4-2-1-3-5-7-11-23/h8-9,12-15,17-18,20-21,23H,1-7,10-11,16,19H2,(H,30,31). The van der Waals surface area contributed by atoms with E-state index in [-0.39, 0.29) is 5.91 Å². The molecule has 0 unspecified atom stereocenters. The Morgan fingerprint density at radius 2 is 1.55 bits per heavy atom. The molecule has 3 aromatic rings. The molecule has 1 amide bonds. The van der Waals surface area contributed by atoms with Gasteiger partial charge in [0.1, 0.15) is 0 Å². The van der Waals surface area contributed by atoms with Crippen LogP contribution in [0, 0.1) is 0 Å². The van der Waals surface area contributed by atoms with Crippen molar-refractivity contribution in [3.8, 4) is 0 Å². The highest BCUT2D eigenvalue weighted by molar-refractivity contribution is 5.93. The van der Waals surface area contributed by atoms with Gasteiger partial charge in [-0.05, 0) is 48.4 Å². The van der Waals surface area contributed by atoms with E-state index in [1.165, 1.54) is 68.9 Å². The lowest BCUT2D eigenvalue weighted by Gasteiger charge is -2.19. The highest BCUT2D eigenvalue weighted by atomic mass is 16.1. The number of rotatable bonds is 5. The first kappa shape index (κ1) is 21.5. The first-order valence-corrected chi connectivity index (χ1v) is 12.0. The average Bonchev–Trinajstić information content (AvgIpc) is 2.81. The molecule has 0 aliphatic heterocycles. The Bertz CT molecular complexity index is 970. The van der Waals surface area contributed by atoms with E-state index in [2.05, 4.69) is 34.6 Å². The topological polar surface area (TPSA) is 42.0 Å². The number of pyridine rings is 1. The van der Waals surface area contributed by atoms with Crippen LogP contribution in [0.5, 0.6) is 0 Å². The molecule has 1 aliphatic rings. The number of carbonyl (C=O) groups is 1. The van der Waals surface area contributed by atoms with Crippen LogP contribution in [-0.2, 0) is 11.2 Å². The second-order valence-electron chi connectivity index (χ2n) is 8.96. The third kappa shape index (κ3) is 6.40. The van der Waals surface area contributed by atoms with Crippen molar-refractivity contribution in [2.75, 3.05) is 5.32 Å². The Balaban J connectivity index is 1.29. The summed E-state index contributed by atoms with van der Waals surface area (Å²) in [5.41, 5.74) is 4.41. The van der Waals surface area contributed by atoms with Crippen molar-refractivity contribution in [3.63, 3.8) is 0 Å². The van der Waals surface area contributed by atoms with Crippen LogP contribution in [0.1, 0.15) is 81.3 Å². The van der Waals surface area contributed by atoms with E-state index >= 15 is 0 Å². The van der Waals surface area contributed by atoms with Gasteiger partial charge in [0.2, 0.25) is 5.91 Å². The zero-order chi connectivity index (χ0) is 21.3. The summed E-state index contributed by atoms with van der Waals surface area (Å²) < 4.78 is 0. The smallest absolute Gasteiger partial charge is 0.224 e. The highest BCUT2D eigenvalue weighted by Crippen LogP contribution is 2.30. The van der Waals surface area contributed by atoms with Gasteiger partial charge in [-0.15, -0.1) is 0 Å². The third-order valence-corrected chi connectivity index (χ3v) is 6.57. The Morgan fingerprint density at radius 1 is 0.871 bits per heavy atom. The van der Waals surface area contributed by atoms with Crippen molar-refractivity contribution in [1.29, 1.82) is 0 Å². The van der Waals surface area contributed by atoms with Crippen LogP contribution in [0.15, 0.2) is 60.8 Å². The molecule has 0 spiro atoms. The van der Waals surface area contributed by atoms with Gasteiger partial charge in [-0.2, -0.15) is 0 Å². The van der Waals surface area contributed by atoms with Crippen LogP contribution in [0.2, 0.25) is 0 Å². The molecule has 1 N–H and O–H groups in total. The number of para-hydroxylation sites is 1. The van der Waals surface area contributed by atoms with Gasteiger partial charge in [0.15, 0.2) is 0 Å². The number of aromatic nitrogens is 1. The van der Waals surface area contributed by atoms with Gasteiger partial charge in [0.05, 0.1) is 17.4 Å². The molecule has 1 aliphatic carbocycles. The fourth-order valence-corrected chi connectivity index (χ4v) is 4.72. The molecule has 31 heavy (non-hydrogen) atoms. The number of carbonyl (C=O) groups excluding carboxylic acids is 1. The van der Waals surface area contributed by atoms with E-state index in [9.17, 15) is 4.79 Å². The molecule has 0 radical (unpaired) electrons. The predicted molar refractivity (Wildman–Crippen MR) is 129 cm³/mol. The van der Waals surface area contributed by atoms with Crippen LogP contribution in [0.4, 0.5) is 5.69 Å². The minimum absolute atomic E-state index is 0.0356. The summed E-state index contributed by atoms with van der Waals surface area (Å²) in [5.74, 6) is 0.740. The van der Waals surface area contributed by atoms with Crippen LogP contribution in [-0.4, -0.2) is 10.9 Å². The molecule has 1 fully saturated rings. The van der Waals surface area contributed by atoms with Gasteiger partial charge in [0.25, 0.3) is 0 Å². The zero-order valence-electron chi connectivity index (χ0n) is 18.5. The first-order valence-electron chi connectivity index (χ1n) is 12.0. The summed E-state index contributed by atoms with van der Waals surface area (Å²) in [6.45, 7) is 0. The molecular weight excluding hydrogens is 380 g/mol. The summed E-state index contributed by atoms with van der Waals surface area (Å²) in [6.07, 6.45) is 15.3. The fourth-order valence-electron chi connectivity index (χ4n) is 4.72. The number of nitrogens with zero attached hydrogens (tertiary/aromatic N) is 1. The first-order chi connectivity index (χ1) is 15.3. The summed E-state index contributed by atoms with van der Waals surface area (Å²) in [5, 5.41) is 4.03. The summed E-state index contributed by atoms with van der Waals surface area (Å²) in [6, 6.07) is 19.0. The van der Waals surface area contributed by atoms with Crippen molar-refractivity contribution in [1.82, 2.24) is 4.98 Å². The van der Waals surface area contributed by atoms with Gasteiger partial charge in [-0.25, -0.2) is 0 Å². The summed E-state index contributed by atoms with van der Waals surface area (Å²) >= 11 is 0. The minimum atomic E-state index is 0.0356. The maximum atomic E-state index is 12.4. The Morgan fingerprint density at radius 3 is 2.29 bits per heavy atom. The Labute approximate surface area is 186 Å². The molecule has 3 nitrogen and oxygen atoms in total. The number of fused-ring (bicyclic) bond motifs is 1. The molecule has 1 heterocycles. The Hall–Kier alpha value is -2.68. The van der Waals surface area contributed by atoms with Crippen molar-refractivity contribution in [3.05, 3.63) is 71.9 Å². The van der Waals surface area contributed by atoms with E-state index in [4.69, 9.17) is 0 Å². The van der Waals surface area contributed by atoms with Crippen LogP contribution < -0.4 is 5.32 Å². The Kier molecular flexibility index (Phi) is 7.71. The van der Waals surface area contributed by atoms with Crippen molar-refractivity contribution >= 4 is 22.5 Å². The number of hydrogen-bond donors (Lipinski definition) is 1. The SMILES string of the molecule is O=C(CCc1ccc(C2CCCCCCCCC2)cc1)Nc1cnc2ccccc2c1. The average molecular weight is 415 g/mol. The van der Waals surface area contributed by atoms with Gasteiger partial charge >= 0.3 is 0 Å². The van der Waals surface area contributed by atoms with Crippen LogP contribution in [0.25, 0.3) is 10.9 Å². The quantitative estimate of drug-likeness (QED) is 0.472. The van der Waals surface area contributed by atoms with Crippen molar-refractivity contribution < 1.29 is 4.79 Å². The lowest BCUT2D eigenvalue weighted by molar-refractivity contribution is -0.116. The van der Waals surface area contributed by atoms with Gasteiger partial charge in [-0.1, -0.05) is 87.4 Å². The van der Waals surface area contributed by atoms with E-state index < -0.39 is 0 Å². The van der Waals surface area contributed by atoms with Crippen molar-refractivity contribution in [2.24, 2.45) is 0 Å². The van der Waals surface area contributed by atoms with E-state index in [0.717, 1.165) is 23.0 Å². The molecule has 1 saturated carbocycles. The molecule has 2 aromatic carbocycles. The highest BCUT2D eigenvalue weighted by Gasteiger charge is 2.13. The number of nitrogens with one attached hydrogen (secondary N) is 1. The minimum Gasteiger partial charge on any atom is -0.325 e. The number of aryl methyl sites for hydroxylation is 1. The zero-order valence-corrected chi connectivity index (χ0v) is 18.5. The maximum Gasteiger partial charge on any atom is 0.224 e. The monoisotopic (exact) mass is 414 g/mol. The number of benzene rings is 2. The van der Waals surface area contributed by atoms with Gasteiger partial charge in [-0.3, -0.25) is 9.78 Å². The second-order valence-corrected chi connectivity index (χ2v) is 8.96. The molecule has 3 heteroatoms. The molecule has 1 aromatic heterocycles. The summed E-state index contributed by atoms with van der Waals surface area (Å²) in [4.78, 5) is 16.8. The van der Waals surface area contributed by atoms with Gasteiger partial charge < -0.3 is 5.32 Å². The lowest BCUT2D eigenvalue weighted by atomic mass is 9.86. The van der Waals surface area contributed by atoms with E-state index in [1.807, 2.05) is 30.3 Å². The van der Waals surface area contributed by atoms with Gasteiger partial charge in [0, 0.05) is 11.8 Å². The molecule has 0 saturated heterocycles. The molecule has 4 rings (SSSR count). The third-order valence-electron chi connectivity index (χ3n) is 6.57. The second kappa shape index (κ2) is 11.1. The predicted octanol–water partition coefficient (Wildman–Crippen LogP) is 7.41. The normalized spacial score (nSPS) is 16.1. The van der Waals surface area contributed by atoms with Crippen LogP contribution >= 0.6 is 0 Å². The number of anilines is 1. The lowest BCUT2D eigenvalue weighted by Crippen LogP contribution is -2.12. The molecular formula is C28H34N2O. The molecule has 0 bridgehead atoms.